The van der Waals surface area contributed by atoms with Crippen LogP contribution in [0.15, 0.2) is 35.6 Å². The van der Waals surface area contributed by atoms with E-state index in [0.717, 1.165) is 31.5 Å². The predicted molar refractivity (Wildman–Crippen MR) is 99.4 cm³/mol. The number of carbonyl (C=O) groups is 1. The number of thioether (sulfide) groups is 1. The van der Waals surface area contributed by atoms with Gasteiger partial charge < -0.3 is 14.6 Å². The number of hydrogen-bond donors (Lipinski definition) is 1. The summed E-state index contributed by atoms with van der Waals surface area (Å²) in [5, 5.41) is 10.2. The number of halogens is 1. The minimum atomic E-state index is -0.280. The molecular weight excluding hydrogens is 353 g/mol. The first kappa shape index (κ1) is 18.9. The van der Waals surface area contributed by atoms with Crippen LogP contribution in [-0.2, 0) is 17.9 Å². The zero-order valence-corrected chi connectivity index (χ0v) is 15.7. The van der Waals surface area contributed by atoms with Crippen molar-refractivity contribution in [2.45, 2.75) is 38.1 Å². The maximum absolute atomic E-state index is 13.1. The average Bonchev–Trinajstić information content (AvgIpc) is 3.04. The number of amides is 1. The molecule has 0 spiro atoms. The molecule has 1 aromatic heterocycles. The molecule has 5 nitrogen and oxygen atoms in total. The van der Waals surface area contributed by atoms with Gasteiger partial charge in [-0.2, -0.15) is 0 Å². The monoisotopic (exact) mass is 377 g/mol. The van der Waals surface area contributed by atoms with Crippen molar-refractivity contribution in [2.75, 3.05) is 18.8 Å². The Morgan fingerprint density at radius 3 is 2.65 bits per heavy atom. The summed E-state index contributed by atoms with van der Waals surface area (Å²) in [4.78, 5) is 18.7. The molecule has 1 aliphatic heterocycles. The number of carbonyl (C=O) groups excluding carboxylic acids is 1. The van der Waals surface area contributed by atoms with Crippen LogP contribution in [-0.4, -0.2) is 44.3 Å². The van der Waals surface area contributed by atoms with Gasteiger partial charge in [0.1, 0.15) is 5.82 Å². The van der Waals surface area contributed by atoms with Gasteiger partial charge in [0.25, 0.3) is 0 Å². The van der Waals surface area contributed by atoms with Crippen LogP contribution in [0.2, 0.25) is 0 Å². The molecule has 2 heterocycles. The summed E-state index contributed by atoms with van der Waals surface area (Å²) in [5.41, 5.74) is 1.59. The first-order chi connectivity index (χ1) is 12.6. The van der Waals surface area contributed by atoms with E-state index in [9.17, 15) is 14.3 Å². The zero-order valence-electron chi connectivity index (χ0n) is 14.9. The third kappa shape index (κ3) is 4.65. The van der Waals surface area contributed by atoms with E-state index >= 15 is 0 Å². The topological polar surface area (TPSA) is 58.4 Å². The van der Waals surface area contributed by atoms with Crippen LogP contribution in [0.1, 0.15) is 31.0 Å². The largest absolute Gasteiger partial charge is 0.390 e. The smallest absolute Gasteiger partial charge is 0.233 e. The lowest BCUT2D eigenvalue weighted by Crippen LogP contribution is -2.38. The first-order valence-corrected chi connectivity index (χ1v) is 9.85. The van der Waals surface area contributed by atoms with Crippen molar-refractivity contribution in [1.29, 1.82) is 0 Å². The molecule has 2 aromatic rings. The number of piperidine rings is 1. The molecule has 1 aromatic carbocycles. The predicted octanol–water partition coefficient (Wildman–Crippen LogP) is 2.91. The number of benzene rings is 1. The average molecular weight is 377 g/mol. The summed E-state index contributed by atoms with van der Waals surface area (Å²) >= 11 is 1.38. The third-order valence-corrected chi connectivity index (χ3v) is 5.75. The standard InChI is InChI=1S/C19H24FN3O2S/c1-14-6-8-22(9-7-14)18(25)13-26-19-21-10-17(12-24)23(19)11-15-2-4-16(20)5-3-15/h2-5,10,14,24H,6-9,11-13H2,1H3. The Labute approximate surface area is 157 Å². The van der Waals surface area contributed by atoms with Crippen molar-refractivity contribution in [3.63, 3.8) is 0 Å². The summed E-state index contributed by atoms with van der Waals surface area (Å²) in [7, 11) is 0. The van der Waals surface area contributed by atoms with Crippen LogP contribution < -0.4 is 0 Å². The van der Waals surface area contributed by atoms with Crippen molar-refractivity contribution in [1.82, 2.24) is 14.5 Å². The lowest BCUT2D eigenvalue weighted by atomic mass is 9.99. The van der Waals surface area contributed by atoms with Crippen LogP contribution in [0, 0.1) is 11.7 Å². The molecule has 3 rings (SSSR count). The van der Waals surface area contributed by atoms with E-state index in [-0.39, 0.29) is 18.3 Å². The van der Waals surface area contributed by atoms with Crippen LogP contribution in [0.25, 0.3) is 0 Å². The van der Waals surface area contributed by atoms with Gasteiger partial charge in [0.15, 0.2) is 5.16 Å². The quantitative estimate of drug-likeness (QED) is 0.787. The maximum Gasteiger partial charge on any atom is 0.233 e. The number of hydrogen-bond acceptors (Lipinski definition) is 4. The summed E-state index contributed by atoms with van der Waals surface area (Å²) in [6.45, 7) is 4.22. The molecule has 0 aliphatic carbocycles. The molecule has 0 bridgehead atoms. The fraction of sp³-hybridized carbons (Fsp3) is 0.474. The van der Waals surface area contributed by atoms with E-state index in [1.807, 2.05) is 9.47 Å². The Morgan fingerprint density at radius 2 is 2.00 bits per heavy atom. The van der Waals surface area contributed by atoms with Crippen LogP contribution >= 0.6 is 11.8 Å². The van der Waals surface area contributed by atoms with Gasteiger partial charge in [0, 0.05) is 19.6 Å². The fourth-order valence-electron chi connectivity index (χ4n) is 3.05. The Balaban J connectivity index is 1.65. The second-order valence-electron chi connectivity index (χ2n) is 6.75. The molecule has 1 aliphatic rings. The molecule has 0 atom stereocenters. The Hall–Kier alpha value is -1.86. The van der Waals surface area contributed by atoms with Gasteiger partial charge in [-0.3, -0.25) is 4.79 Å². The molecular formula is C19H24FN3O2S. The summed E-state index contributed by atoms with van der Waals surface area (Å²) in [5.74, 6) is 0.870. The summed E-state index contributed by atoms with van der Waals surface area (Å²) in [6.07, 6.45) is 3.74. The molecule has 26 heavy (non-hydrogen) atoms. The number of likely N-dealkylation sites (tertiary alicyclic amines) is 1. The Morgan fingerprint density at radius 1 is 1.31 bits per heavy atom. The lowest BCUT2D eigenvalue weighted by molar-refractivity contribution is -0.129. The van der Waals surface area contributed by atoms with Crippen molar-refractivity contribution >= 4 is 17.7 Å². The minimum absolute atomic E-state index is 0.129. The van der Waals surface area contributed by atoms with Gasteiger partial charge in [-0.1, -0.05) is 30.8 Å². The molecule has 1 N–H and O–H groups in total. The highest BCUT2D eigenvalue weighted by Gasteiger charge is 2.21. The molecule has 0 unspecified atom stereocenters. The number of imidazole rings is 1. The molecule has 0 radical (unpaired) electrons. The SMILES string of the molecule is CC1CCN(C(=O)CSc2ncc(CO)n2Cc2ccc(F)cc2)CC1. The van der Waals surface area contributed by atoms with Gasteiger partial charge in [-0.15, -0.1) is 0 Å². The van der Waals surface area contributed by atoms with Gasteiger partial charge in [0.2, 0.25) is 5.91 Å². The normalized spacial score (nSPS) is 15.4. The molecule has 7 heteroatoms. The van der Waals surface area contributed by atoms with E-state index in [1.165, 1.54) is 23.9 Å². The van der Waals surface area contributed by atoms with E-state index in [1.54, 1.807) is 18.3 Å². The lowest BCUT2D eigenvalue weighted by Gasteiger charge is -2.30. The summed E-state index contributed by atoms with van der Waals surface area (Å²) < 4.78 is 15.0. The molecule has 1 amide bonds. The third-order valence-electron chi connectivity index (χ3n) is 4.78. The van der Waals surface area contributed by atoms with E-state index in [0.29, 0.717) is 29.1 Å². The highest BCUT2D eigenvalue weighted by Crippen LogP contribution is 2.23. The Bertz CT molecular complexity index is 740. The molecule has 140 valence electrons. The van der Waals surface area contributed by atoms with Crippen LogP contribution in [0.3, 0.4) is 0 Å². The van der Waals surface area contributed by atoms with Crippen molar-refractivity contribution < 1.29 is 14.3 Å². The summed E-state index contributed by atoms with van der Waals surface area (Å²) in [6, 6.07) is 6.26. The second-order valence-corrected chi connectivity index (χ2v) is 7.70. The zero-order chi connectivity index (χ0) is 18.5. The van der Waals surface area contributed by atoms with Crippen molar-refractivity contribution in [3.8, 4) is 0 Å². The highest BCUT2D eigenvalue weighted by molar-refractivity contribution is 7.99. The van der Waals surface area contributed by atoms with Crippen LogP contribution in [0.5, 0.6) is 0 Å². The first-order valence-electron chi connectivity index (χ1n) is 8.87. The highest BCUT2D eigenvalue weighted by atomic mass is 32.2. The molecule has 1 fully saturated rings. The second kappa shape index (κ2) is 8.68. The number of nitrogens with zero attached hydrogens (tertiary/aromatic N) is 3. The van der Waals surface area contributed by atoms with Crippen molar-refractivity contribution in [2.24, 2.45) is 5.92 Å². The van der Waals surface area contributed by atoms with Gasteiger partial charge >= 0.3 is 0 Å². The molecule has 1 saturated heterocycles. The molecule has 0 saturated carbocycles. The van der Waals surface area contributed by atoms with E-state index in [4.69, 9.17) is 0 Å². The number of aromatic nitrogens is 2. The van der Waals surface area contributed by atoms with Gasteiger partial charge in [-0.05, 0) is 36.5 Å². The van der Waals surface area contributed by atoms with Crippen molar-refractivity contribution in [3.05, 3.63) is 47.5 Å². The van der Waals surface area contributed by atoms with E-state index < -0.39 is 0 Å². The van der Waals surface area contributed by atoms with Gasteiger partial charge in [-0.25, -0.2) is 9.37 Å². The number of aliphatic hydroxyl groups is 1. The van der Waals surface area contributed by atoms with E-state index in [2.05, 4.69) is 11.9 Å². The maximum atomic E-state index is 13.1. The minimum Gasteiger partial charge on any atom is -0.390 e. The number of rotatable bonds is 6. The van der Waals surface area contributed by atoms with Crippen LogP contribution in [0.4, 0.5) is 4.39 Å². The number of aliphatic hydroxyl groups excluding tert-OH is 1. The fourth-order valence-corrected chi connectivity index (χ4v) is 3.95. The Kier molecular flexibility index (Phi) is 6.32. The van der Waals surface area contributed by atoms with Gasteiger partial charge in [0.05, 0.1) is 24.3 Å².